The summed E-state index contributed by atoms with van der Waals surface area (Å²) in [5, 5.41) is 31.9. The molecule has 0 amide bonds. The van der Waals surface area contributed by atoms with Crippen molar-refractivity contribution in [3.05, 3.63) is 87.6 Å². The van der Waals surface area contributed by atoms with Crippen molar-refractivity contribution in [3.8, 4) is 11.5 Å². The second kappa shape index (κ2) is 15.7. The van der Waals surface area contributed by atoms with Crippen LogP contribution in [0.5, 0.6) is 11.5 Å². The number of phenols is 2. The van der Waals surface area contributed by atoms with Gasteiger partial charge in [0.1, 0.15) is 16.7 Å². The first-order valence-corrected chi connectivity index (χ1v) is 17.6. The van der Waals surface area contributed by atoms with Crippen molar-refractivity contribution in [1.82, 2.24) is 0 Å². The Hall–Kier alpha value is -3.93. The van der Waals surface area contributed by atoms with Crippen LogP contribution in [0.2, 0.25) is 0 Å². The van der Waals surface area contributed by atoms with Crippen LogP contribution in [-0.4, -0.2) is 32.7 Å². The number of Topliss-reactive ketones (excluding diaryl/α,β-unsaturated/α-hetero) is 3. The van der Waals surface area contributed by atoms with Crippen molar-refractivity contribution >= 4 is 23.1 Å². The van der Waals surface area contributed by atoms with Crippen LogP contribution in [0.3, 0.4) is 0 Å². The fourth-order valence-corrected chi connectivity index (χ4v) is 7.52. The van der Waals surface area contributed by atoms with Gasteiger partial charge in [-0.15, -0.1) is 0 Å². The van der Waals surface area contributed by atoms with Crippen LogP contribution >= 0.6 is 0 Å². The lowest BCUT2D eigenvalue weighted by Crippen LogP contribution is -2.69. The third kappa shape index (κ3) is 8.11. The molecule has 0 unspecified atom stereocenters. The molecule has 2 fully saturated rings. The topological polar surface area (TPSA) is 112 Å². The van der Waals surface area contributed by atoms with Crippen LogP contribution < -0.4 is 0 Å². The molecule has 0 spiro atoms. The van der Waals surface area contributed by atoms with Gasteiger partial charge in [-0.05, 0) is 136 Å². The Bertz CT molecular complexity index is 1650. The molecule has 49 heavy (non-hydrogen) atoms. The SMILES string of the molecule is CC(C)=CCC/C(C)=C/C[C@H]1C[C@@]2(C/C=C(\C)CCC=C(C)C)C(=O)/C(=C(\O)c3ccc(O)c(O)c3)C(=O)[C@](CC=C(C)C)(C2=O)C1(C)C. The first-order valence-electron chi connectivity index (χ1n) is 17.6. The van der Waals surface area contributed by atoms with Gasteiger partial charge in [0.25, 0.3) is 0 Å². The molecule has 1 aromatic carbocycles. The molecule has 3 N–H and O–H groups in total. The Morgan fingerprint density at radius 2 is 1.29 bits per heavy atom. The molecule has 2 bridgehead atoms. The number of aliphatic hydroxyl groups is 1. The summed E-state index contributed by atoms with van der Waals surface area (Å²) in [6.07, 6.45) is 15.0. The number of fused-ring (bicyclic) bond motifs is 2. The highest BCUT2D eigenvalue weighted by molar-refractivity contribution is 6.41. The number of benzene rings is 1. The fraction of sp³-hybridized carbons (Fsp3) is 0.512. The lowest BCUT2D eigenvalue weighted by Gasteiger charge is -2.60. The summed E-state index contributed by atoms with van der Waals surface area (Å²) in [5.74, 6) is -3.36. The summed E-state index contributed by atoms with van der Waals surface area (Å²) in [6, 6.07) is 3.68. The van der Waals surface area contributed by atoms with E-state index < -0.39 is 50.6 Å². The van der Waals surface area contributed by atoms with Gasteiger partial charge < -0.3 is 15.3 Å². The van der Waals surface area contributed by atoms with E-state index in [1.165, 1.54) is 28.9 Å². The quantitative estimate of drug-likeness (QED) is 0.0481. The number of carbonyl (C=O) groups excluding carboxylic acids is 3. The molecule has 3 rings (SSSR count). The molecule has 0 saturated heterocycles. The van der Waals surface area contributed by atoms with Gasteiger partial charge in [-0.2, -0.15) is 0 Å². The van der Waals surface area contributed by atoms with Gasteiger partial charge in [0.05, 0.1) is 5.41 Å². The molecule has 266 valence electrons. The first-order chi connectivity index (χ1) is 22.8. The molecule has 2 saturated carbocycles. The standard InChI is InChI=1S/C43H58O6/c1-27(2)13-11-15-30(7)17-19-33-26-42(23-22-31(8)16-12-14-28(3)4)38(47)36(37(46)32-18-20-34(44)35(45)25-32)39(48)43(40(42)49,41(33,9)10)24-21-29(5)6/h13-14,17-18,20-22,25,33,44-46H,11-12,15-16,19,23-24,26H2,1-10H3/b30-17+,31-22+,37-36+/t33-,42-,43+/m0/s1. The van der Waals surface area contributed by atoms with Gasteiger partial charge in [0.2, 0.25) is 0 Å². The molecule has 2 aliphatic rings. The van der Waals surface area contributed by atoms with Gasteiger partial charge in [-0.1, -0.05) is 72.1 Å². The summed E-state index contributed by atoms with van der Waals surface area (Å²) < 4.78 is 0. The minimum absolute atomic E-state index is 0.0182. The molecule has 6 nitrogen and oxygen atoms in total. The van der Waals surface area contributed by atoms with Crippen molar-refractivity contribution in [2.75, 3.05) is 0 Å². The van der Waals surface area contributed by atoms with E-state index in [0.29, 0.717) is 6.42 Å². The first kappa shape index (κ1) is 39.5. The zero-order valence-electron chi connectivity index (χ0n) is 31.4. The molecule has 2 aliphatic carbocycles. The highest BCUT2D eigenvalue weighted by Crippen LogP contribution is 2.65. The zero-order valence-corrected chi connectivity index (χ0v) is 31.4. The lowest BCUT2D eigenvalue weighted by molar-refractivity contribution is -0.176. The maximum Gasteiger partial charge on any atom is 0.184 e. The molecular formula is C43H58O6. The highest BCUT2D eigenvalue weighted by atomic mass is 16.3. The molecule has 0 aromatic heterocycles. The number of aromatic hydroxyl groups is 2. The Kier molecular flexibility index (Phi) is 12.7. The maximum absolute atomic E-state index is 15.2. The second-order valence-electron chi connectivity index (χ2n) is 15.7. The minimum Gasteiger partial charge on any atom is -0.506 e. The lowest BCUT2D eigenvalue weighted by atomic mass is 9.38. The van der Waals surface area contributed by atoms with Gasteiger partial charge in [0.15, 0.2) is 28.8 Å². The van der Waals surface area contributed by atoms with E-state index in [-0.39, 0.29) is 36.5 Å². The largest absolute Gasteiger partial charge is 0.506 e. The summed E-state index contributed by atoms with van der Waals surface area (Å²) in [7, 11) is 0. The number of hydrogen-bond acceptors (Lipinski definition) is 6. The fourth-order valence-electron chi connectivity index (χ4n) is 7.52. The number of phenolic OH excluding ortho intramolecular Hbond substituents is 2. The third-order valence-electron chi connectivity index (χ3n) is 10.8. The monoisotopic (exact) mass is 670 g/mol. The van der Waals surface area contributed by atoms with Crippen molar-refractivity contribution in [2.45, 2.75) is 121 Å². The van der Waals surface area contributed by atoms with Crippen LogP contribution in [0.1, 0.15) is 126 Å². The number of rotatable bonds is 13. The predicted molar refractivity (Wildman–Crippen MR) is 199 cm³/mol. The van der Waals surface area contributed by atoms with Gasteiger partial charge in [-0.25, -0.2) is 0 Å². The molecule has 3 atom stereocenters. The van der Waals surface area contributed by atoms with Crippen molar-refractivity contribution in [2.24, 2.45) is 22.2 Å². The molecule has 0 heterocycles. The van der Waals surface area contributed by atoms with Gasteiger partial charge >= 0.3 is 0 Å². The van der Waals surface area contributed by atoms with Gasteiger partial charge in [0, 0.05) is 5.56 Å². The maximum atomic E-state index is 15.2. The molecule has 0 aliphatic heterocycles. The van der Waals surface area contributed by atoms with E-state index in [9.17, 15) is 20.1 Å². The van der Waals surface area contributed by atoms with E-state index in [0.717, 1.165) is 42.9 Å². The minimum atomic E-state index is -1.61. The van der Waals surface area contributed by atoms with Crippen LogP contribution in [0, 0.1) is 22.2 Å². The van der Waals surface area contributed by atoms with E-state index in [2.05, 4.69) is 52.8 Å². The zero-order chi connectivity index (χ0) is 36.9. The van der Waals surface area contributed by atoms with Crippen LogP contribution in [0.4, 0.5) is 0 Å². The molecular weight excluding hydrogens is 612 g/mol. The summed E-state index contributed by atoms with van der Waals surface area (Å²) in [4.78, 5) is 45.1. The molecule has 6 heteroatoms. The summed E-state index contributed by atoms with van der Waals surface area (Å²) in [6.45, 7) is 20.2. The molecule has 0 radical (unpaired) electrons. The number of ketones is 3. The Morgan fingerprint density at radius 1 is 0.735 bits per heavy atom. The number of allylic oxidation sites excluding steroid dienone is 11. The van der Waals surface area contributed by atoms with Gasteiger partial charge in [-0.3, -0.25) is 14.4 Å². The number of aliphatic hydroxyl groups excluding tert-OH is 1. The van der Waals surface area contributed by atoms with E-state index in [1.807, 2.05) is 46.8 Å². The second-order valence-corrected chi connectivity index (χ2v) is 15.7. The highest BCUT2D eigenvalue weighted by Gasteiger charge is 2.73. The van der Waals surface area contributed by atoms with Crippen molar-refractivity contribution in [1.29, 1.82) is 0 Å². The predicted octanol–water partition coefficient (Wildman–Crippen LogP) is 10.6. The number of carbonyl (C=O) groups is 3. The summed E-state index contributed by atoms with van der Waals surface area (Å²) >= 11 is 0. The smallest absolute Gasteiger partial charge is 0.184 e. The van der Waals surface area contributed by atoms with Crippen molar-refractivity contribution in [3.63, 3.8) is 0 Å². The average Bonchev–Trinajstić information content (AvgIpc) is 3.00. The molecule has 1 aromatic rings. The average molecular weight is 671 g/mol. The Balaban J connectivity index is 2.32. The Morgan fingerprint density at radius 3 is 1.82 bits per heavy atom. The van der Waals surface area contributed by atoms with E-state index in [1.54, 1.807) is 0 Å². The van der Waals surface area contributed by atoms with E-state index in [4.69, 9.17) is 0 Å². The van der Waals surface area contributed by atoms with Crippen LogP contribution in [0.25, 0.3) is 5.76 Å². The third-order valence-corrected chi connectivity index (χ3v) is 10.8. The number of hydrogen-bond donors (Lipinski definition) is 3. The van der Waals surface area contributed by atoms with E-state index >= 15 is 9.59 Å². The van der Waals surface area contributed by atoms with Crippen LogP contribution in [0.15, 0.2) is 82.0 Å². The Labute approximate surface area is 294 Å². The summed E-state index contributed by atoms with van der Waals surface area (Å²) in [5.41, 5.74) is 1.27. The van der Waals surface area contributed by atoms with Crippen LogP contribution in [-0.2, 0) is 14.4 Å². The van der Waals surface area contributed by atoms with Crippen molar-refractivity contribution < 1.29 is 29.7 Å². The normalized spacial score (nSPS) is 24.8.